The lowest BCUT2D eigenvalue weighted by Crippen LogP contribution is -1.96. The summed E-state index contributed by atoms with van der Waals surface area (Å²) in [5.41, 5.74) is -0.258. The van der Waals surface area contributed by atoms with Gasteiger partial charge in [0.2, 0.25) is 17.6 Å². The van der Waals surface area contributed by atoms with Crippen molar-refractivity contribution in [2.45, 2.75) is 0 Å². The van der Waals surface area contributed by atoms with Crippen molar-refractivity contribution in [1.82, 2.24) is 4.98 Å². The molecule has 0 radical (unpaired) electrons. The van der Waals surface area contributed by atoms with Crippen molar-refractivity contribution in [2.75, 3.05) is 7.11 Å². The van der Waals surface area contributed by atoms with Crippen LogP contribution >= 0.6 is 0 Å². The lowest BCUT2D eigenvalue weighted by molar-refractivity contribution is -0.385. The van der Waals surface area contributed by atoms with Gasteiger partial charge in [0.15, 0.2) is 0 Å². The molecule has 2 rings (SSSR count). The van der Waals surface area contributed by atoms with Gasteiger partial charge in [0, 0.05) is 18.2 Å². The van der Waals surface area contributed by atoms with E-state index in [2.05, 4.69) is 4.98 Å². The fourth-order valence-corrected chi connectivity index (χ4v) is 1.41. The minimum atomic E-state index is -0.733. The first kappa shape index (κ1) is 12.7. The molecule has 0 spiro atoms. The molecule has 0 atom stereocenters. The second-order valence-electron chi connectivity index (χ2n) is 3.49. The van der Waals surface area contributed by atoms with Gasteiger partial charge in [-0.3, -0.25) is 10.1 Å². The van der Waals surface area contributed by atoms with Crippen LogP contribution in [0.25, 0.3) is 0 Å². The van der Waals surface area contributed by atoms with E-state index >= 15 is 0 Å². The second-order valence-corrected chi connectivity index (χ2v) is 3.49. The van der Waals surface area contributed by atoms with E-state index < -0.39 is 10.9 Å². The number of hydrogen-bond acceptors (Lipinski definition) is 5. The molecular weight excluding hydrogens is 255 g/mol. The number of hydrogen-bond donors (Lipinski definition) is 0. The maximum atomic E-state index is 12.9. The van der Waals surface area contributed by atoms with Crippen LogP contribution in [0.4, 0.5) is 10.1 Å². The van der Waals surface area contributed by atoms with Crippen molar-refractivity contribution >= 4 is 5.69 Å². The highest BCUT2D eigenvalue weighted by molar-refractivity contribution is 5.51. The van der Waals surface area contributed by atoms with E-state index in [9.17, 15) is 14.5 Å². The molecule has 0 N–H and O–H groups in total. The molecule has 0 saturated carbocycles. The zero-order valence-electron chi connectivity index (χ0n) is 9.87. The molecule has 2 aromatic rings. The Kier molecular flexibility index (Phi) is 3.56. The maximum Gasteiger partial charge on any atom is 0.311 e. The predicted molar refractivity (Wildman–Crippen MR) is 63.9 cm³/mol. The fraction of sp³-hybridized carbons (Fsp3) is 0.0833. The van der Waals surface area contributed by atoms with Gasteiger partial charge in [-0.25, -0.2) is 0 Å². The van der Waals surface area contributed by atoms with Gasteiger partial charge in [-0.1, -0.05) is 6.07 Å². The van der Waals surface area contributed by atoms with E-state index in [1.165, 1.54) is 37.4 Å². The monoisotopic (exact) mass is 264 g/mol. The van der Waals surface area contributed by atoms with Crippen LogP contribution in [0.5, 0.6) is 17.4 Å². The van der Waals surface area contributed by atoms with Crippen LogP contribution in [0.1, 0.15) is 0 Å². The van der Waals surface area contributed by atoms with Gasteiger partial charge < -0.3 is 9.47 Å². The molecule has 0 fully saturated rings. The van der Waals surface area contributed by atoms with E-state index in [-0.39, 0.29) is 17.3 Å². The summed E-state index contributed by atoms with van der Waals surface area (Å²) in [5.74, 6) is -0.487. The van der Waals surface area contributed by atoms with E-state index in [1.54, 1.807) is 0 Å². The summed E-state index contributed by atoms with van der Waals surface area (Å²) in [6.07, 6.45) is 0. The molecule has 19 heavy (non-hydrogen) atoms. The third-order valence-electron chi connectivity index (χ3n) is 2.27. The molecule has 1 heterocycles. The Morgan fingerprint density at radius 2 is 2.11 bits per heavy atom. The Labute approximate surface area is 107 Å². The van der Waals surface area contributed by atoms with Crippen molar-refractivity contribution < 1.29 is 18.8 Å². The zero-order valence-corrected chi connectivity index (χ0v) is 9.87. The van der Waals surface area contributed by atoms with Crippen molar-refractivity contribution in [3.63, 3.8) is 0 Å². The third kappa shape index (κ3) is 2.95. The lowest BCUT2D eigenvalue weighted by Gasteiger charge is -2.07. The van der Waals surface area contributed by atoms with Crippen LogP contribution in [-0.2, 0) is 0 Å². The van der Waals surface area contributed by atoms with Crippen molar-refractivity contribution in [3.8, 4) is 17.4 Å². The molecule has 0 saturated heterocycles. The summed E-state index contributed by atoms with van der Waals surface area (Å²) >= 11 is 0. The molecule has 1 aromatic heterocycles. The topological polar surface area (TPSA) is 74.5 Å². The molecule has 0 aliphatic rings. The average Bonchev–Trinajstić information content (AvgIpc) is 2.38. The van der Waals surface area contributed by atoms with Gasteiger partial charge in [0.1, 0.15) is 5.75 Å². The predicted octanol–water partition coefficient (Wildman–Crippen LogP) is 2.93. The van der Waals surface area contributed by atoms with E-state index in [0.717, 1.165) is 6.07 Å². The fourth-order valence-electron chi connectivity index (χ4n) is 1.41. The standard InChI is InChI=1S/C12H9FN2O4/c1-18-8-5-6-9(15(16)17)10(7-8)19-12-4-2-3-11(13)14-12/h2-7H,1H3. The first-order valence-electron chi connectivity index (χ1n) is 5.23. The van der Waals surface area contributed by atoms with E-state index in [1.807, 2.05) is 0 Å². The van der Waals surface area contributed by atoms with Gasteiger partial charge in [-0.15, -0.1) is 0 Å². The molecule has 98 valence electrons. The highest BCUT2D eigenvalue weighted by Gasteiger charge is 2.17. The van der Waals surface area contributed by atoms with Gasteiger partial charge in [0.05, 0.1) is 12.0 Å². The van der Waals surface area contributed by atoms with Crippen LogP contribution in [0.15, 0.2) is 36.4 Å². The first-order valence-corrected chi connectivity index (χ1v) is 5.23. The molecule has 7 heteroatoms. The van der Waals surface area contributed by atoms with E-state index in [0.29, 0.717) is 5.75 Å². The number of aromatic nitrogens is 1. The molecule has 1 aromatic carbocycles. The summed E-state index contributed by atoms with van der Waals surface area (Å²) in [7, 11) is 1.42. The molecule has 0 unspecified atom stereocenters. The number of ether oxygens (including phenoxy) is 2. The molecule has 6 nitrogen and oxygen atoms in total. The van der Waals surface area contributed by atoms with Gasteiger partial charge in [-0.2, -0.15) is 9.37 Å². The van der Waals surface area contributed by atoms with Crippen molar-refractivity contribution in [1.29, 1.82) is 0 Å². The number of halogens is 1. The Morgan fingerprint density at radius 3 is 2.74 bits per heavy atom. The second kappa shape index (κ2) is 5.30. The highest BCUT2D eigenvalue weighted by Crippen LogP contribution is 2.33. The van der Waals surface area contributed by atoms with Crippen molar-refractivity contribution in [3.05, 3.63) is 52.5 Å². The Hall–Kier alpha value is -2.70. The number of benzene rings is 1. The number of nitro groups is 1. The Balaban J connectivity index is 2.39. The molecule has 0 bridgehead atoms. The van der Waals surface area contributed by atoms with Gasteiger partial charge in [0.25, 0.3) is 0 Å². The summed E-state index contributed by atoms with van der Waals surface area (Å²) in [6, 6.07) is 7.95. The van der Waals surface area contributed by atoms with Crippen LogP contribution in [0, 0.1) is 16.1 Å². The number of rotatable bonds is 4. The van der Waals surface area contributed by atoms with Crippen LogP contribution in [0.2, 0.25) is 0 Å². The number of nitrogens with zero attached hydrogens (tertiary/aromatic N) is 2. The molecular formula is C12H9FN2O4. The Bertz CT molecular complexity index is 618. The SMILES string of the molecule is COc1ccc([N+](=O)[O-])c(Oc2cccc(F)n2)c1. The third-order valence-corrected chi connectivity index (χ3v) is 2.27. The molecule has 0 aliphatic carbocycles. The number of methoxy groups -OCH3 is 1. The summed E-state index contributed by atoms with van der Waals surface area (Å²) in [4.78, 5) is 13.7. The van der Waals surface area contributed by atoms with Crippen LogP contribution < -0.4 is 9.47 Å². The lowest BCUT2D eigenvalue weighted by atomic mass is 10.3. The Morgan fingerprint density at radius 1 is 1.32 bits per heavy atom. The minimum absolute atomic E-state index is 0.0672. The molecule has 0 aliphatic heterocycles. The van der Waals surface area contributed by atoms with Crippen LogP contribution in [0.3, 0.4) is 0 Å². The summed E-state index contributed by atoms with van der Waals surface area (Å²) < 4.78 is 23.1. The number of pyridine rings is 1. The van der Waals surface area contributed by atoms with Gasteiger partial charge in [-0.05, 0) is 12.1 Å². The normalized spacial score (nSPS) is 10.0. The smallest absolute Gasteiger partial charge is 0.311 e. The first-order chi connectivity index (χ1) is 9.10. The average molecular weight is 264 g/mol. The van der Waals surface area contributed by atoms with Gasteiger partial charge >= 0.3 is 5.69 Å². The zero-order chi connectivity index (χ0) is 13.8. The van der Waals surface area contributed by atoms with E-state index in [4.69, 9.17) is 9.47 Å². The largest absolute Gasteiger partial charge is 0.497 e. The summed E-state index contributed by atoms with van der Waals surface area (Å²) in [5, 5.41) is 10.9. The molecule has 0 amide bonds. The van der Waals surface area contributed by atoms with Crippen molar-refractivity contribution in [2.24, 2.45) is 0 Å². The van der Waals surface area contributed by atoms with Crippen LogP contribution in [-0.4, -0.2) is 17.0 Å². The quantitative estimate of drug-likeness (QED) is 0.482. The number of nitro benzene ring substituents is 1. The summed E-state index contributed by atoms with van der Waals surface area (Å²) in [6.45, 7) is 0. The minimum Gasteiger partial charge on any atom is -0.497 e. The highest BCUT2D eigenvalue weighted by atomic mass is 19.1. The maximum absolute atomic E-state index is 12.9.